The second-order valence-electron chi connectivity index (χ2n) is 20.9. The molecule has 0 bridgehead atoms. The minimum atomic E-state index is -1.54. The number of nitrogens with two attached hydrogens (primary N) is 13. The van der Waals surface area contributed by atoms with Crippen LogP contribution in [-0.4, -0.2) is 212 Å². The summed E-state index contributed by atoms with van der Waals surface area (Å²) in [5, 5.41) is 32.0. The van der Waals surface area contributed by atoms with E-state index in [4.69, 9.17) is 74.5 Å². The van der Waals surface area contributed by atoms with E-state index in [9.17, 15) is 53.1 Å². The Morgan fingerprint density at radius 3 is 1.00 bits per heavy atom. The largest absolute Gasteiger partial charge is 0.391 e. The third-order valence-electron chi connectivity index (χ3n) is 12.9. The van der Waals surface area contributed by atoms with E-state index in [0.717, 1.165) is 0 Å². The van der Waals surface area contributed by atoms with E-state index in [0.29, 0.717) is 25.7 Å². The number of hydrogen-bond acceptors (Lipinski definition) is 19. The summed E-state index contributed by atoms with van der Waals surface area (Å²) < 4.78 is 0. The number of aliphatic hydroxyl groups is 1. The van der Waals surface area contributed by atoms with Crippen molar-refractivity contribution in [2.45, 2.75) is 172 Å². The first-order chi connectivity index (χ1) is 42.4. The molecule has 0 aliphatic heterocycles. The number of nitrogens with zero attached hydrogens (tertiary/aromatic N) is 6. The average Bonchev–Trinajstić information content (AvgIpc) is 1.48. The Morgan fingerprint density at radius 2 is 0.689 bits per heavy atom. The average molecular weight is 1280 g/mol. The fourth-order valence-electron chi connectivity index (χ4n) is 8.32. The van der Waals surface area contributed by atoms with Crippen LogP contribution in [0.5, 0.6) is 0 Å². The molecule has 39 nitrogen and oxygen atoms in total. The first-order valence-corrected chi connectivity index (χ1v) is 29.5. The third kappa shape index (κ3) is 38.2. The van der Waals surface area contributed by atoms with Crippen LogP contribution in [-0.2, 0) is 47.9 Å². The zero-order chi connectivity index (χ0) is 68.3. The van der Waals surface area contributed by atoms with Crippen LogP contribution in [0.2, 0.25) is 0 Å². The molecule has 9 atom stereocenters. The summed E-state index contributed by atoms with van der Waals surface area (Å²) in [7, 11) is 0. The van der Waals surface area contributed by atoms with Gasteiger partial charge in [0.25, 0.3) is 5.91 Å². The first-order valence-electron chi connectivity index (χ1n) is 29.5. The summed E-state index contributed by atoms with van der Waals surface area (Å²) in [6.07, 6.45) is 0.487. The van der Waals surface area contributed by atoms with Gasteiger partial charge in [-0.25, -0.2) is 5.01 Å². The number of hydrazine groups is 1. The quantitative estimate of drug-likeness (QED) is 0.0116. The van der Waals surface area contributed by atoms with E-state index in [1.165, 1.54) is 25.8 Å². The highest BCUT2D eigenvalue weighted by molar-refractivity contribution is 5.97. The number of nitrogens with one attached hydrogen (secondary N) is 9. The van der Waals surface area contributed by atoms with E-state index in [1.54, 1.807) is 0 Å². The minimum Gasteiger partial charge on any atom is -0.391 e. The molecule has 39 heteroatoms. The van der Waals surface area contributed by atoms with Crippen molar-refractivity contribution in [1.82, 2.24) is 53.0 Å². The summed E-state index contributed by atoms with van der Waals surface area (Å²) in [4.78, 5) is 156. The summed E-state index contributed by atoms with van der Waals surface area (Å²) in [5.74, 6) is -9.42. The van der Waals surface area contributed by atoms with E-state index >= 15 is 0 Å². The molecule has 0 radical (unpaired) electrons. The second-order valence-corrected chi connectivity index (χ2v) is 20.9. The van der Waals surface area contributed by atoms with Gasteiger partial charge in [0.05, 0.1) is 12.6 Å². The molecule has 0 aliphatic rings. The standard InChI is InChI=1S/C51H102N28O11/c1-28(70-41(85)31(71-30(3)81)15-8-21-65-47(55)56)40(84)78-79(26-12-25-69-51(63)64)27-37(82)72-32(16-9-22-66-48(57)58)42(86)75-35(17-10-23-67-49(59)60)45(89)74-33(13-4-6-19-52)43(87)73-34(14-5-7-20-53)44(88)76-36(18-11-24-68-50(61)62)46(90)77-38(29(2)80)39(54)83/h28-29,31-36,38,80H,4-27,52-53H2,1-3H3,(H2,54,83)(H,70,85)(H,71,81)(H,72,82)(H,73,87)(H,74,89)(H,75,86)(H,76,88)(H,77,90)(H,78,84)(H4,55,56,65)(H4,57,58,66)(H4,59,60,67)(H4,61,62,68)(H4,63,64,69)/t28-,29+,31-,32-,33-,34-,35-,36-,38-/m0/s1. The Balaban J connectivity index is 7.17. The number of aliphatic imine (C=N–C) groups is 5. The zero-order valence-electron chi connectivity index (χ0n) is 51.9. The lowest BCUT2D eigenvalue weighted by Gasteiger charge is -2.28. The molecule has 0 heterocycles. The number of guanidine groups is 5. The Kier molecular flexibility index (Phi) is 41.4. The van der Waals surface area contributed by atoms with Crippen LogP contribution in [0.1, 0.15) is 117 Å². The molecule has 10 amide bonds. The van der Waals surface area contributed by atoms with Gasteiger partial charge in [0, 0.05) is 46.2 Å². The fourth-order valence-corrected chi connectivity index (χ4v) is 8.32. The molecule has 0 saturated heterocycles. The smallest absolute Gasteiger partial charge is 0.256 e. The van der Waals surface area contributed by atoms with Crippen LogP contribution >= 0.6 is 0 Å². The molecule has 36 N–H and O–H groups in total. The van der Waals surface area contributed by atoms with Gasteiger partial charge < -0.3 is 122 Å². The van der Waals surface area contributed by atoms with Crippen molar-refractivity contribution in [3.63, 3.8) is 0 Å². The molecule has 0 aliphatic carbocycles. The van der Waals surface area contributed by atoms with Crippen LogP contribution in [0.25, 0.3) is 0 Å². The summed E-state index contributed by atoms with van der Waals surface area (Å²) >= 11 is 0. The summed E-state index contributed by atoms with van der Waals surface area (Å²) in [5.41, 5.74) is 74.5. The van der Waals surface area contributed by atoms with Gasteiger partial charge in [-0.1, -0.05) is 0 Å². The number of rotatable bonds is 48. The predicted molar refractivity (Wildman–Crippen MR) is 338 cm³/mol. The molecule has 0 fully saturated rings. The molecular formula is C51H102N28O11. The number of unbranched alkanes of at least 4 members (excludes halogenated alkanes) is 2. The SMILES string of the molecule is CC(=O)N[C@@H](CCCN=C(N)N)C(=O)N[C@@H](C)C(=O)NN(CCCN=C(N)N)CC(=O)N[C@@H](CCCN=C(N)N)C(=O)N[C@@H](CCCN=C(N)N)C(=O)N[C@@H](CCCCN)C(=O)N[C@@H](CCCCN)C(=O)N[C@@H](CCCN=C(N)N)C(=O)N[C@H](C(N)=O)[C@@H](C)O. The monoisotopic (exact) mass is 1280 g/mol. The van der Waals surface area contributed by atoms with Crippen LogP contribution < -0.4 is 122 Å². The Labute approximate surface area is 523 Å². The molecule has 0 unspecified atom stereocenters. The summed E-state index contributed by atoms with van der Waals surface area (Å²) in [6.45, 7) is 3.79. The van der Waals surface area contributed by atoms with Crippen LogP contribution in [0.4, 0.5) is 0 Å². The molecule has 0 spiro atoms. The molecule has 0 aromatic heterocycles. The number of carbonyl (C=O) groups excluding carboxylic acids is 10. The first kappa shape index (κ1) is 80.9. The molecule has 0 saturated carbocycles. The van der Waals surface area contributed by atoms with Gasteiger partial charge in [-0.2, -0.15) is 0 Å². The maximum Gasteiger partial charge on any atom is 0.256 e. The van der Waals surface area contributed by atoms with Gasteiger partial charge in [0.2, 0.25) is 53.2 Å². The van der Waals surface area contributed by atoms with Gasteiger partial charge in [0.1, 0.15) is 48.3 Å². The summed E-state index contributed by atoms with van der Waals surface area (Å²) in [6, 6.07) is -10.8. The van der Waals surface area contributed by atoms with Crippen molar-refractivity contribution < 1.29 is 53.1 Å². The highest BCUT2D eigenvalue weighted by atomic mass is 16.3. The fraction of sp³-hybridized carbons (Fsp3) is 0.706. The van der Waals surface area contributed by atoms with Crippen LogP contribution in [0.3, 0.4) is 0 Å². The number of primary amides is 1. The van der Waals surface area contributed by atoms with Crippen molar-refractivity contribution in [2.75, 3.05) is 58.9 Å². The third-order valence-corrected chi connectivity index (χ3v) is 12.9. The molecular weight excluding hydrogens is 1180 g/mol. The van der Waals surface area contributed by atoms with Gasteiger partial charge in [0.15, 0.2) is 29.8 Å². The van der Waals surface area contributed by atoms with Gasteiger partial charge in [-0.15, -0.1) is 0 Å². The maximum atomic E-state index is 14.5. The minimum absolute atomic E-state index is 0.00306. The number of aliphatic hydroxyl groups excluding tert-OH is 1. The number of hydrogen-bond donors (Lipinski definition) is 23. The normalized spacial score (nSPS) is 13.8. The van der Waals surface area contributed by atoms with Crippen molar-refractivity contribution in [1.29, 1.82) is 0 Å². The topological polar surface area (TPSA) is 702 Å². The van der Waals surface area contributed by atoms with E-state index in [1.807, 2.05) is 0 Å². The van der Waals surface area contributed by atoms with Gasteiger partial charge in [-0.05, 0) is 123 Å². The Bertz CT molecular complexity index is 2430. The van der Waals surface area contributed by atoms with Crippen LogP contribution in [0, 0.1) is 0 Å². The molecule has 0 aromatic carbocycles. The van der Waals surface area contributed by atoms with Crippen LogP contribution in [0.15, 0.2) is 25.0 Å². The number of carbonyl (C=O) groups is 10. The van der Waals surface area contributed by atoms with Gasteiger partial charge in [-0.3, -0.25) is 78.3 Å². The number of amides is 10. The molecule has 512 valence electrons. The lowest BCUT2D eigenvalue weighted by atomic mass is 10.0. The zero-order valence-corrected chi connectivity index (χ0v) is 51.9. The highest BCUT2D eigenvalue weighted by Crippen LogP contribution is 2.11. The van der Waals surface area contributed by atoms with Crippen molar-refractivity contribution >= 4 is 88.9 Å². The van der Waals surface area contributed by atoms with E-state index in [2.05, 4.69) is 72.9 Å². The predicted octanol–water partition coefficient (Wildman–Crippen LogP) is -10.8. The Hall–Kier alpha value is -9.11. The Morgan fingerprint density at radius 1 is 0.389 bits per heavy atom. The maximum absolute atomic E-state index is 14.5. The van der Waals surface area contributed by atoms with E-state index in [-0.39, 0.29) is 153 Å². The second kappa shape index (κ2) is 46.1. The molecule has 0 aromatic rings. The van der Waals surface area contributed by atoms with Crippen molar-refractivity contribution in [3.8, 4) is 0 Å². The highest BCUT2D eigenvalue weighted by Gasteiger charge is 2.34. The van der Waals surface area contributed by atoms with Gasteiger partial charge >= 0.3 is 0 Å². The van der Waals surface area contributed by atoms with Crippen molar-refractivity contribution in [3.05, 3.63) is 0 Å². The molecule has 0 rings (SSSR count). The molecule has 90 heavy (non-hydrogen) atoms. The van der Waals surface area contributed by atoms with Crippen molar-refractivity contribution in [2.24, 2.45) is 99.5 Å². The van der Waals surface area contributed by atoms with E-state index < -0.39 is 120 Å². The lowest BCUT2D eigenvalue weighted by Crippen LogP contribution is -2.60. The lowest BCUT2D eigenvalue weighted by molar-refractivity contribution is -0.136.